The smallest absolute Gasteiger partial charge is 0.0273 e. The first-order chi connectivity index (χ1) is 20.9. The summed E-state index contributed by atoms with van der Waals surface area (Å²) in [5.41, 5.74) is 9.90. The standard InChI is InChI=1S/C41H27N/c1-2-10-31(11-3-1)40-35-14-6-8-16-37(35)41(38-17-9-7-15-36(38)40)39-23-22-32(33-12-4-5-13-34(33)39)30-20-18-28(19-21-30)29-24-26-42-27-25-29/h1-27H. The topological polar surface area (TPSA) is 12.9 Å². The van der Waals surface area contributed by atoms with Crippen molar-refractivity contribution in [3.63, 3.8) is 0 Å². The molecular formula is C41H27N. The largest absolute Gasteiger partial charge is 0.265 e. The van der Waals surface area contributed by atoms with E-state index in [1.54, 1.807) is 0 Å². The van der Waals surface area contributed by atoms with E-state index in [9.17, 15) is 0 Å². The van der Waals surface area contributed by atoms with Crippen LogP contribution in [0.15, 0.2) is 164 Å². The predicted octanol–water partition coefficient (Wildman–Crippen LogP) is 11.2. The van der Waals surface area contributed by atoms with E-state index in [1.807, 2.05) is 12.4 Å². The van der Waals surface area contributed by atoms with Crippen LogP contribution in [0.4, 0.5) is 0 Å². The Hall–Kier alpha value is -5.53. The SMILES string of the molecule is c1ccc(-c2c3ccccc3c(-c3ccc(-c4ccc(-c5ccncc5)cc4)c4ccccc34)c3ccccc23)cc1. The van der Waals surface area contributed by atoms with E-state index < -0.39 is 0 Å². The zero-order valence-electron chi connectivity index (χ0n) is 23.0. The van der Waals surface area contributed by atoms with Crippen LogP contribution in [0.5, 0.6) is 0 Å². The zero-order valence-corrected chi connectivity index (χ0v) is 23.0. The first-order valence-electron chi connectivity index (χ1n) is 14.4. The minimum Gasteiger partial charge on any atom is -0.265 e. The van der Waals surface area contributed by atoms with Gasteiger partial charge in [0.25, 0.3) is 0 Å². The Morgan fingerprint density at radius 2 is 0.690 bits per heavy atom. The third-order valence-corrected chi connectivity index (χ3v) is 8.40. The predicted molar refractivity (Wildman–Crippen MR) is 178 cm³/mol. The van der Waals surface area contributed by atoms with Crippen LogP contribution in [-0.4, -0.2) is 4.98 Å². The van der Waals surface area contributed by atoms with Crippen molar-refractivity contribution in [2.75, 3.05) is 0 Å². The molecule has 0 amide bonds. The molecule has 8 rings (SSSR count). The lowest BCUT2D eigenvalue weighted by Crippen LogP contribution is -1.92. The number of fused-ring (bicyclic) bond motifs is 3. The van der Waals surface area contributed by atoms with E-state index in [0.29, 0.717) is 0 Å². The van der Waals surface area contributed by atoms with Crippen molar-refractivity contribution in [1.82, 2.24) is 4.98 Å². The Morgan fingerprint density at radius 1 is 0.262 bits per heavy atom. The van der Waals surface area contributed by atoms with Gasteiger partial charge >= 0.3 is 0 Å². The van der Waals surface area contributed by atoms with Gasteiger partial charge in [-0.25, -0.2) is 0 Å². The zero-order chi connectivity index (χ0) is 27.9. The number of rotatable bonds is 4. The minimum absolute atomic E-state index is 1.18. The van der Waals surface area contributed by atoms with E-state index in [4.69, 9.17) is 0 Å². The Morgan fingerprint density at radius 3 is 1.29 bits per heavy atom. The Balaban J connectivity index is 1.38. The third-order valence-electron chi connectivity index (χ3n) is 8.40. The summed E-state index contributed by atoms with van der Waals surface area (Å²) in [6.45, 7) is 0. The molecule has 0 bridgehead atoms. The van der Waals surface area contributed by atoms with Crippen LogP contribution in [0.1, 0.15) is 0 Å². The molecule has 0 N–H and O–H groups in total. The maximum Gasteiger partial charge on any atom is 0.0273 e. The number of hydrogen-bond donors (Lipinski definition) is 0. The van der Waals surface area contributed by atoms with Gasteiger partial charge in [-0.2, -0.15) is 0 Å². The van der Waals surface area contributed by atoms with Crippen LogP contribution in [-0.2, 0) is 0 Å². The molecule has 8 aromatic rings. The molecule has 0 saturated heterocycles. The summed E-state index contributed by atoms with van der Waals surface area (Å²) >= 11 is 0. The van der Waals surface area contributed by atoms with Crippen molar-refractivity contribution in [2.45, 2.75) is 0 Å². The third kappa shape index (κ3) is 3.98. The number of aromatic nitrogens is 1. The molecule has 1 heterocycles. The van der Waals surface area contributed by atoms with Crippen molar-refractivity contribution >= 4 is 32.3 Å². The molecule has 7 aromatic carbocycles. The van der Waals surface area contributed by atoms with Crippen LogP contribution < -0.4 is 0 Å². The quantitative estimate of drug-likeness (QED) is 0.205. The molecule has 0 fully saturated rings. The summed E-state index contributed by atoms with van der Waals surface area (Å²) in [6.07, 6.45) is 3.69. The fraction of sp³-hybridized carbons (Fsp3) is 0. The maximum absolute atomic E-state index is 4.16. The van der Waals surface area contributed by atoms with Gasteiger partial charge < -0.3 is 0 Å². The highest BCUT2D eigenvalue weighted by Gasteiger charge is 2.18. The summed E-state index contributed by atoms with van der Waals surface area (Å²) < 4.78 is 0. The molecule has 42 heavy (non-hydrogen) atoms. The van der Waals surface area contributed by atoms with Crippen molar-refractivity contribution in [3.05, 3.63) is 164 Å². The average Bonchev–Trinajstić information content (AvgIpc) is 3.08. The van der Waals surface area contributed by atoms with Crippen molar-refractivity contribution < 1.29 is 0 Å². The summed E-state index contributed by atoms with van der Waals surface area (Å²) in [6, 6.07) is 55.0. The minimum atomic E-state index is 1.18. The van der Waals surface area contributed by atoms with E-state index in [2.05, 4.69) is 157 Å². The van der Waals surface area contributed by atoms with E-state index in [1.165, 1.54) is 76.8 Å². The van der Waals surface area contributed by atoms with Gasteiger partial charge in [0.2, 0.25) is 0 Å². The fourth-order valence-electron chi connectivity index (χ4n) is 6.49. The molecule has 196 valence electrons. The maximum atomic E-state index is 4.16. The first kappa shape index (κ1) is 24.3. The summed E-state index contributed by atoms with van der Waals surface area (Å²) in [5, 5.41) is 7.61. The van der Waals surface area contributed by atoms with Crippen LogP contribution in [0.2, 0.25) is 0 Å². The summed E-state index contributed by atoms with van der Waals surface area (Å²) in [4.78, 5) is 4.16. The lowest BCUT2D eigenvalue weighted by Gasteiger charge is -2.19. The van der Waals surface area contributed by atoms with Gasteiger partial charge in [0.1, 0.15) is 0 Å². The van der Waals surface area contributed by atoms with E-state index in [0.717, 1.165) is 0 Å². The normalized spacial score (nSPS) is 11.3. The molecule has 0 spiro atoms. The number of nitrogens with zero attached hydrogens (tertiary/aromatic N) is 1. The van der Waals surface area contributed by atoms with Crippen LogP contribution >= 0.6 is 0 Å². The number of pyridine rings is 1. The first-order valence-corrected chi connectivity index (χ1v) is 14.4. The number of benzene rings is 7. The van der Waals surface area contributed by atoms with Crippen LogP contribution in [0.3, 0.4) is 0 Å². The van der Waals surface area contributed by atoms with Crippen LogP contribution in [0.25, 0.3) is 76.8 Å². The van der Waals surface area contributed by atoms with Gasteiger partial charge in [0.15, 0.2) is 0 Å². The van der Waals surface area contributed by atoms with E-state index in [-0.39, 0.29) is 0 Å². The molecule has 0 aliphatic carbocycles. The van der Waals surface area contributed by atoms with Crippen molar-refractivity contribution in [3.8, 4) is 44.5 Å². The fourth-order valence-corrected chi connectivity index (χ4v) is 6.49. The van der Waals surface area contributed by atoms with Gasteiger partial charge in [0.05, 0.1) is 0 Å². The van der Waals surface area contributed by atoms with Crippen molar-refractivity contribution in [1.29, 1.82) is 0 Å². The molecule has 1 nitrogen and oxygen atoms in total. The Labute approximate surface area is 245 Å². The Kier molecular flexibility index (Phi) is 5.86. The van der Waals surface area contributed by atoms with Gasteiger partial charge in [-0.1, -0.05) is 140 Å². The highest BCUT2D eigenvalue weighted by Crippen LogP contribution is 2.46. The molecule has 0 saturated carbocycles. The van der Waals surface area contributed by atoms with Crippen molar-refractivity contribution in [2.24, 2.45) is 0 Å². The monoisotopic (exact) mass is 533 g/mol. The number of hydrogen-bond acceptors (Lipinski definition) is 1. The summed E-state index contributed by atoms with van der Waals surface area (Å²) in [7, 11) is 0. The van der Waals surface area contributed by atoms with Crippen LogP contribution in [0, 0.1) is 0 Å². The van der Waals surface area contributed by atoms with Gasteiger partial charge in [-0.15, -0.1) is 0 Å². The molecule has 0 radical (unpaired) electrons. The van der Waals surface area contributed by atoms with Gasteiger partial charge in [-0.05, 0) is 89.0 Å². The highest BCUT2D eigenvalue weighted by atomic mass is 14.6. The molecule has 0 aliphatic heterocycles. The van der Waals surface area contributed by atoms with Gasteiger partial charge in [0, 0.05) is 12.4 Å². The molecule has 0 aliphatic rings. The highest BCUT2D eigenvalue weighted by molar-refractivity contribution is 6.24. The van der Waals surface area contributed by atoms with E-state index >= 15 is 0 Å². The second kappa shape index (κ2) is 10.1. The lowest BCUT2D eigenvalue weighted by atomic mass is 9.84. The molecule has 1 aromatic heterocycles. The lowest BCUT2D eigenvalue weighted by molar-refractivity contribution is 1.33. The second-order valence-electron chi connectivity index (χ2n) is 10.7. The molecule has 0 unspecified atom stereocenters. The van der Waals surface area contributed by atoms with Gasteiger partial charge in [-0.3, -0.25) is 4.98 Å². The second-order valence-corrected chi connectivity index (χ2v) is 10.7. The molecular weight excluding hydrogens is 506 g/mol. The average molecular weight is 534 g/mol. The molecule has 0 atom stereocenters. The summed E-state index contributed by atoms with van der Waals surface area (Å²) in [5.74, 6) is 0. The molecule has 1 heteroatoms. The Bertz CT molecular complexity index is 2160.